The number of thiocarbonyl (C=S) groups is 1. The number of hydrogen-bond acceptors (Lipinski definition) is 6. The Morgan fingerprint density at radius 1 is 1.23 bits per heavy atom. The number of esters is 1. The van der Waals surface area contributed by atoms with Crippen molar-refractivity contribution >= 4 is 35.1 Å². The molecule has 0 radical (unpaired) electrons. The van der Waals surface area contributed by atoms with Gasteiger partial charge in [0.05, 0.1) is 19.1 Å². The van der Waals surface area contributed by atoms with E-state index < -0.39 is 17.9 Å². The van der Waals surface area contributed by atoms with Gasteiger partial charge in [-0.25, -0.2) is 0 Å². The highest BCUT2D eigenvalue weighted by Gasteiger charge is 2.34. The van der Waals surface area contributed by atoms with Crippen molar-refractivity contribution in [1.29, 1.82) is 0 Å². The zero-order valence-electron chi connectivity index (χ0n) is 18.5. The predicted molar refractivity (Wildman–Crippen MR) is 121 cm³/mol. The van der Waals surface area contributed by atoms with Crippen molar-refractivity contribution in [2.75, 3.05) is 19.7 Å². The molecule has 2 N–H and O–H groups in total. The van der Waals surface area contributed by atoms with Crippen molar-refractivity contribution in [1.82, 2.24) is 15.5 Å². The molecule has 2 amide bonds. The van der Waals surface area contributed by atoms with Crippen LogP contribution in [0.4, 0.5) is 0 Å². The quantitative estimate of drug-likeness (QED) is 0.464. The summed E-state index contributed by atoms with van der Waals surface area (Å²) in [4.78, 5) is 38.5. The lowest BCUT2D eigenvalue weighted by atomic mass is 10.1. The van der Waals surface area contributed by atoms with Gasteiger partial charge in [-0.15, -0.1) is 0 Å². The first kappa shape index (κ1) is 24.6. The zero-order valence-corrected chi connectivity index (χ0v) is 19.3. The van der Waals surface area contributed by atoms with Crippen LogP contribution in [0.5, 0.6) is 5.75 Å². The van der Waals surface area contributed by atoms with Gasteiger partial charge < -0.3 is 19.7 Å². The highest BCUT2D eigenvalue weighted by atomic mass is 32.1. The summed E-state index contributed by atoms with van der Waals surface area (Å²) in [5.74, 6) is 0.0269. The SMILES string of the molecule is CC(C)CCOc1ccc(C(=O)NC(=S)N2CCNC(=O)C2CC(=O)OC(C)C)cc1. The van der Waals surface area contributed by atoms with Gasteiger partial charge in [-0.05, 0) is 62.7 Å². The van der Waals surface area contributed by atoms with Crippen LogP contribution in [0.1, 0.15) is 50.9 Å². The lowest BCUT2D eigenvalue weighted by Crippen LogP contribution is -2.60. The minimum Gasteiger partial charge on any atom is -0.494 e. The second kappa shape index (κ2) is 11.6. The molecule has 1 heterocycles. The molecule has 1 atom stereocenters. The largest absolute Gasteiger partial charge is 0.494 e. The van der Waals surface area contributed by atoms with Gasteiger partial charge in [0.15, 0.2) is 5.11 Å². The number of nitrogens with one attached hydrogen (secondary N) is 2. The Labute approximate surface area is 188 Å². The Hall–Kier alpha value is -2.68. The van der Waals surface area contributed by atoms with Crippen LogP contribution in [-0.2, 0) is 14.3 Å². The molecule has 170 valence electrons. The lowest BCUT2D eigenvalue weighted by molar-refractivity contribution is -0.150. The predicted octanol–water partition coefficient (Wildman–Crippen LogP) is 2.27. The summed E-state index contributed by atoms with van der Waals surface area (Å²) in [6, 6.07) is 5.95. The normalized spacial score (nSPS) is 16.1. The molecule has 1 fully saturated rings. The maximum absolute atomic E-state index is 12.6. The summed E-state index contributed by atoms with van der Waals surface area (Å²) in [5.41, 5.74) is 0.413. The van der Waals surface area contributed by atoms with E-state index >= 15 is 0 Å². The molecular formula is C22H31N3O5S. The van der Waals surface area contributed by atoms with Crippen LogP contribution in [-0.4, -0.2) is 59.6 Å². The van der Waals surface area contributed by atoms with E-state index in [2.05, 4.69) is 24.5 Å². The van der Waals surface area contributed by atoms with Crippen LogP contribution >= 0.6 is 12.2 Å². The van der Waals surface area contributed by atoms with Crippen LogP contribution < -0.4 is 15.4 Å². The monoisotopic (exact) mass is 449 g/mol. The molecule has 0 aliphatic carbocycles. The van der Waals surface area contributed by atoms with Gasteiger partial charge in [0.2, 0.25) is 5.91 Å². The Kier molecular flexibility index (Phi) is 9.23. The first-order chi connectivity index (χ1) is 14.7. The number of carbonyl (C=O) groups excluding carboxylic acids is 3. The van der Waals surface area contributed by atoms with Crippen LogP contribution in [0.15, 0.2) is 24.3 Å². The fourth-order valence-electron chi connectivity index (χ4n) is 2.99. The van der Waals surface area contributed by atoms with Crippen LogP contribution in [0.3, 0.4) is 0 Å². The first-order valence-electron chi connectivity index (χ1n) is 10.5. The van der Waals surface area contributed by atoms with E-state index in [1.807, 2.05) is 0 Å². The number of ether oxygens (including phenoxy) is 2. The first-order valence-corrected chi connectivity index (χ1v) is 10.9. The highest BCUT2D eigenvalue weighted by Crippen LogP contribution is 2.15. The van der Waals surface area contributed by atoms with Crippen LogP contribution in [0.2, 0.25) is 0 Å². The Morgan fingerprint density at radius 3 is 2.52 bits per heavy atom. The second-order valence-electron chi connectivity index (χ2n) is 8.06. The second-order valence-corrected chi connectivity index (χ2v) is 8.44. The van der Waals surface area contributed by atoms with Crippen molar-refractivity contribution in [3.63, 3.8) is 0 Å². The van der Waals surface area contributed by atoms with Crippen molar-refractivity contribution in [3.8, 4) is 5.75 Å². The van der Waals surface area contributed by atoms with Gasteiger partial charge >= 0.3 is 5.97 Å². The number of hydrogen-bond donors (Lipinski definition) is 2. The molecule has 0 aromatic heterocycles. The molecule has 9 heteroatoms. The molecule has 1 aromatic rings. The van der Waals surface area contributed by atoms with E-state index in [9.17, 15) is 14.4 Å². The molecule has 31 heavy (non-hydrogen) atoms. The van der Waals surface area contributed by atoms with E-state index in [4.69, 9.17) is 21.7 Å². The van der Waals surface area contributed by atoms with Crippen LogP contribution in [0.25, 0.3) is 0 Å². The summed E-state index contributed by atoms with van der Waals surface area (Å²) in [5, 5.41) is 5.47. The third-order valence-corrected chi connectivity index (χ3v) is 4.96. The number of piperazine rings is 1. The molecule has 8 nitrogen and oxygen atoms in total. The molecule has 0 spiro atoms. The van der Waals surface area contributed by atoms with Crippen molar-refractivity contribution < 1.29 is 23.9 Å². The van der Waals surface area contributed by atoms with Crippen molar-refractivity contribution in [3.05, 3.63) is 29.8 Å². The molecule has 0 bridgehead atoms. The van der Waals surface area contributed by atoms with Gasteiger partial charge in [0.1, 0.15) is 11.8 Å². The fourth-order valence-corrected chi connectivity index (χ4v) is 3.30. The lowest BCUT2D eigenvalue weighted by Gasteiger charge is -2.36. The fraction of sp³-hybridized carbons (Fsp3) is 0.545. The highest BCUT2D eigenvalue weighted by molar-refractivity contribution is 7.80. The van der Waals surface area contributed by atoms with E-state index in [1.54, 1.807) is 43.0 Å². The van der Waals surface area contributed by atoms with Crippen LogP contribution in [0, 0.1) is 5.92 Å². The van der Waals surface area contributed by atoms with Crippen molar-refractivity contribution in [2.24, 2.45) is 5.92 Å². The van der Waals surface area contributed by atoms with Gasteiger partial charge in [0.25, 0.3) is 5.91 Å². The summed E-state index contributed by atoms with van der Waals surface area (Å²) >= 11 is 5.37. The molecule has 1 unspecified atom stereocenters. The van der Waals surface area contributed by atoms with Crippen molar-refractivity contribution in [2.45, 2.75) is 52.7 Å². The number of amides is 2. The maximum atomic E-state index is 12.6. The van der Waals surface area contributed by atoms with Gasteiger partial charge in [-0.2, -0.15) is 0 Å². The van der Waals surface area contributed by atoms with E-state index in [0.717, 1.165) is 6.42 Å². The minimum atomic E-state index is -0.829. The molecular weight excluding hydrogens is 418 g/mol. The number of rotatable bonds is 8. The summed E-state index contributed by atoms with van der Waals surface area (Å²) in [6.07, 6.45) is 0.519. The summed E-state index contributed by atoms with van der Waals surface area (Å²) in [7, 11) is 0. The third kappa shape index (κ3) is 7.82. The number of benzene rings is 1. The zero-order chi connectivity index (χ0) is 23.0. The molecule has 1 aliphatic rings. The van der Waals surface area contributed by atoms with Gasteiger partial charge in [-0.1, -0.05) is 13.8 Å². The number of nitrogens with zero attached hydrogens (tertiary/aromatic N) is 1. The Morgan fingerprint density at radius 2 is 1.90 bits per heavy atom. The molecule has 1 aromatic carbocycles. The molecule has 0 saturated carbocycles. The smallest absolute Gasteiger partial charge is 0.308 e. The standard InChI is InChI=1S/C22H31N3O5S/c1-14(2)9-12-29-17-7-5-16(6-8-17)20(27)24-22(31)25-11-10-23-21(28)18(25)13-19(26)30-15(3)4/h5-8,14-15,18H,9-13H2,1-4H3,(H,23,28)(H,24,27,31). The van der Waals surface area contributed by atoms with Gasteiger partial charge in [0, 0.05) is 18.7 Å². The molecule has 2 rings (SSSR count). The third-order valence-electron chi connectivity index (χ3n) is 4.62. The minimum absolute atomic E-state index is 0.0967. The summed E-state index contributed by atoms with van der Waals surface area (Å²) < 4.78 is 10.8. The maximum Gasteiger partial charge on any atom is 0.308 e. The molecule has 1 aliphatic heterocycles. The average Bonchev–Trinajstić information content (AvgIpc) is 2.69. The van der Waals surface area contributed by atoms with E-state index in [0.29, 0.717) is 36.9 Å². The average molecular weight is 450 g/mol. The number of carbonyl (C=O) groups is 3. The Bertz CT molecular complexity index is 795. The topological polar surface area (TPSA) is 97.0 Å². The van der Waals surface area contributed by atoms with E-state index in [1.165, 1.54) is 0 Å². The molecule has 1 saturated heterocycles. The van der Waals surface area contributed by atoms with E-state index in [-0.39, 0.29) is 23.5 Å². The summed E-state index contributed by atoms with van der Waals surface area (Å²) in [6.45, 7) is 9.10. The van der Waals surface area contributed by atoms with Gasteiger partial charge in [-0.3, -0.25) is 19.7 Å². The Balaban J connectivity index is 1.97.